The van der Waals surface area contributed by atoms with Crippen molar-refractivity contribution in [3.8, 4) is 5.88 Å². The van der Waals surface area contributed by atoms with Crippen molar-refractivity contribution in [3.05, 3.63) is 18.1 Å². The van der Waals surface area contributed by atoms with Gasteiger partial charge in [0.25, 0.3) is 0 Å². The molecule has 1 N–H and O–H groups in total. The van der Waals surface area contributed by atoms with E-state index in [4.69, 9.17) is 4.74 Å². The standard InChI is InChI=1S/C15H25N3O/c1-16-13(8-7-12-5-3-4-6-12)9-14-10-15(19-2)18-11-17-14/h10-13,16H,3-9H2,1-2H3. The Morgan fingerprint density at radius 2 is 2.16 bits per heavy atom. The average Bonchev–Trinajstić information content (AvgIpc) is 2.97. The largest absolute Gasteiger partial charge is 0.481 e. The van der Waals surface area contributed by atoms with Gasteiger partial charge in [-0.15, -0.1) is 0 Å². The van der Waals surface area contributed by atoms with Crippen LogP contribution < -0.4 is 10.1 Å². The molecule has 0 spiro atoms. The molecule has 4 nitrogen and oxygen atoms in total. The number of likely N-dealkylation sites (N-methyl/N-ethyl adjacent to an activating group) is 1. The zero-order valence-electron chi connectivity index (χ0n) is 12.1. The molecular formula is C15H25N3O. The molecule has 1 heterocycles. The number of hydrogen-bond acceptors (Lipinski definition) is 4. The highest BCUT2D eigenvalue weighted by Gasteiger charge is 2.17. The van der Waals surface area contributed by atoms with E-state index in [2.05, 4.69) is 15.3 Å². The fourth-order valence-electron chi connectivity index (χ4n) is 2.94. The lowest BCUT2D eigenvalue weighted by molar-refractivity contribution is 0.393. The first-order valence-corrected chi connectivity index (χ1v) is 7.34. The van der Waals surface area contributed by atoms with Crippen LogP contribution in [0.2, 0.25) is 0 Å². The maximum absolute atomic E-state index is 5.14. The Bertz CT molecular complexity index is 377. The van der Waals surface area contributed by atoms with Crippen LogP contribution in [0.25, 0.3) is 0 Å². The molecule has 0 saturated heterocycles. The SMILES string of the molecule is CNC(CCC1CCCC1)Cc1cc(OC)ncn1. The Kier molecular flexibility index (Phi) is 5.58. The van der Waals surface area contributed by atoms with Gasteiger partial charge in [0.1, 0.15) is 6.33 Å². The van der Waals surface area contributed by atoms with Gasteiger partial charge >= 0.3 is 0 Å². The molecule has 19 heavy (non-hydrogen) atoms. The third-order valence-electron chi connectivity index (χ3n) is 4.17. The molecule has 1 unspecified atom stereocenters. The first kappa shape index (κ1) is 14.3. The van der Waals surface area contributed by atoms with E-state index in [9.17, 15) is 0 Å². The lowest BCUT2D eigenvalue weighted by Gasteiger charge is -2.18. The predicted molar refractivity (Wildman–Crippen MR) is 76.3 cm³/mol. The third kappa shape index (κ3) is 4.46. The second-order valence-electron chi connectivity index (χ2n) is 5.47. The Labute approximate surface area is 116 Å². The van der Waals surface area contributed by atoms with E-state index in [-0.39, 0.29) is 0 Å². The number of nitrogens with one attached hydrogen (secondary N) is 1. The second-order valence-corrected chi connectivity index (χ2v) is 5.47. The first-order valence-electron chi connectivity index (χ1n) is 7.34. The molecule has 1 aliphatic carbocycles. The summed E-state index contributed by atoms with van der Waals surface area (Å²) in [5.41, 5.74) is 1.05. The Morgan fingerprint density at radius 3 is 2.84 bits per heavy atom. The minimum absolute atomic E-state index is 0.500. The topological polar surface area (TPSA) is 47.0 Å². The maximum atomic E-state index is 5.14. The van der Waals surface area contributed by atoms with E-state index in [0.29, 0.717) is 11.9 Å². The predicted octanol–water partition coefficient (Wildman–Crippen LogP) is 2.59. The van der Waals surface area contributed by atoms with Crippen molar-refractivity contribution in [3.63, 3.8) is 0 Å². The fraction of sp³-hybridized carbons (Fsp3) is 0.733. The summed E-state index contributed by atoms with van der Waals surface area (Å²) in [5.74, 6) is 1.60. The van der Waals surface area contributed by atoms with Gasteiger partial charge in [-0.1, -0.05) is 25.7 Å². The summed E-state index contributed by atoms with van der Waals surface area (Å²) >= 11 is 0. The van der Waals surface area contributed by atoms with Gasteiger partial charge in [-0.2, -0.15) is 0 Å². The molecule has 1 aliphatic rings. The summed E-state index contributed by atoms with van der Waals surface area (Å²) in [6.07, 6.45) is 10.8. The van der Waals surface area contributed by atoms with E-state index >= 15 is 0 Å². The van der Waals surface area contributed by atoms with Crippen LogP contribution in [-0.2, 0) is 6.42 Å². The van der Waals surface area contributed by atoms with Crippen LogP contribution in [-0.4, -0.2) is 30.2 Å². The van der Waals surface area contributed by atoms with E-state index in [1.165, 1.54) is 38.5 Å². The summed E-state index contributed by atoms with van der Waals surface area (Å²) in [5, 5.41) is 3.41. The van der Waals surface area contributed by atoms with Crippen molar-refractivity contribution in [1.29, 1.82) is 0 Å². The molecule has 106 valence electrons. The zero-order chi connectivity index (χ0) is 13.5. The number of aromatic nitrogens is 2. The normalized spacial score (nSPS) is 17.6. The van der Waals surface area contributed by atoms with Gasteiger partial charge in [0.2, 0.25) is 5.88 Å². The smallest absolute Gasteiger partial charge is 0.216 e. The Balaban J connectivity index is 1.83. The summed E-state index contributed by atoms with van der Waals surface area (Å²) in [4.78, 5) is 8.37. The minimum atomic E-state index is 0.500. The van der Waals surface area contributed by atoms with Crippen LogP contribution in [0, 0.1) is 5.92 Å². The number of ether oxygens (including phenoxy) is 1. The summed E-state index contributed by atoms with van der Waals surface area (Å²) < 4.78 is 5.14. The van der Waals surface area contributed by atoms with Crippen molar-refractivity contribution < 1.29 is 4.74 Å². The molecule has 0 aromatic carbocycles. The van der Waals surface area contributed by atoms with Crippen LogP contribution in [0.1, 0.15) is 44.2 Å². The molecule has 0 radical (unpaired) electrons. The van der Waals surface area contributed by atoms with Gasteiger partial charge < -0.3 is 10.1 Å². The molecule has 1 fully saturated rings. The molecule has 0 amide bonds. The lowest BCUT2D eigenvalue weighted by Crippen LogP contribution is -2.28. The van der Waals surface area contributed by atoms with E-state index < -0.39 is 0 Å². The fourth-order valence-corrected chi connectivity index (χ4v) is 2.94. The number of rotatable bonds is 7. The Hall–Kier alpha value is -1.16. The van der Waals surface area contributed by atoms with Gasteiger partial charge in [-0.3, -0.25) is 0 Å². The highest BCUT2D eigenvalue weighted by atomic mass is 16.5. The zero-order valence-corrected chi connectivity index (χ0v) is 12.1. The van der Waals surface area contributed by atoms with Crippen molar-refractivity contribution >= 4 is 0 Å². The average molecular weight is 263 g/mol. The van der Waals surface area contributed by atoms with Crippen molar-refractivity contribution in [1.82, 2.24) is 15.3 Å². The van der Waals surface area contributed by atoms with Crippen molar-refractivity contribution in [2.75, 3.05) is 14.2 Å². The van der Waals surface area contributed by atoms with Crippen LogP contribution >= 0.6 is 0 Å². The number of hydrogen-bond donors (Lipinski definition) is 1. The van der Waals surface area contributed by atoms with E-state index in [0.717, 1.165) is 18.0 Å². The molecule has 4 heteroatoms. The van der Waals surface area contributed by atoms with Gasteiger partial charge in [-0.25, -0.2) is 9.97 Å². The first-order chi connectivity index (χ1) is 9.31. The summed E-state index contributed by atoms with van der Waals surface area (Å²) in [7, 11) is 3.68. The molecule has 0 bridgehead atoms. The molecule has 0 aliphatic heterocycles. The van der Waals surface area contributed by atoms with Gasteiger partial charge in [0, 0.05) is 24.2 Å². The van der Waals surface area contributed by atoms with Crippen LogP contribution in [0.5, 0.6) is 5.88 Å². The summed E-state index contributed by atoms with van der Waals surface area (Å²) in [6.45, 7) is 0. The highest BCUT2D eigenvalue weighted by Crippen LogP contribution is 2.29. The monoisotopic (exact) mass is 263 g/mol. The molecule has 1 saturated carbocycles. The van der Waals surface area contributed by atoms with Gasteiger partial charge in [0.15, 0.2) is 0 Å². The number of methoxy groups -OCH3 is 1. The van der Waals surface area contributed by atoms with Gasteiger partial charge in [-0.05, 0) is 25.8 Å². The highest BCUT2D eigenvalue weighted by molar-refractivity contribution is 5.14. The van der Waals surface area contributed by atoms with Crippen LogP contribution in [0.4, 0.5) is 0 Å². The van der Waals surface area contributed by atoms with Crippen LogP contribution in [0.15, 0.2) is 12.4 Å². The minimum Gasteiger partial charge on any atom is -0.481 e. The molecular weight excluding hydrogens is 238 g/mol. The molecule has 1 aromatic heterocycles. The van der Waals surface area contributed by atoms with E-state index in [1.807, 2.05) is 13.1 Å². The lowest BCUT2D eigenvalue weighted by atomic mass is 9.96. The quantitative estimate of drug-likeness (QED) is 0.821. The molecule has 1 atom stereocenters. The van der Waals surface area contributed by atoms with Crippen LogP contribution in [0.3, 0.4) is 0 Å². The maximum Gasteiger partial charge on any atom is 0.216 e. The Morgan fingerprint density at radius 1 is 1.37 bits per heavy atom. The van der Waals surface area contributed by atoms with Crippen molar-refractivity contribution in [2.24, 2.45) is 5.92 Å². The van der Waals surface area contributed by atoms with Crippen molar-refractivity contribution in [2.45, 2.75) is 51.0 Å². The number of nitrogens with zero attached hydrogens (tertiary/aromatic N) is 2. The molecule has 2 rings (SSSR count). The van der Waals surface area contributed by atoms with Gasteiger partial charge in [0.05, 0.1) is 7.11 Å². The summed E-state index contributed by atoms with van der Waals surface area (Å²) in [6, 6.07) is 2.43. The van der Waals surface area contributed by atoms with E-state index in [1.54, 1.807) is 13.4 Å². The molecule has 1 aromatic rings. The third-order valence-corrected chi connectivity index (χ3v) is 4.17. The second kappa shape index (κ2) is 7.43.